The van der Waals surface area contributed by atoms with Gasteiger partial charge in [-0.15, -0.1) is 23.2 Å². The van der Waals surface area contributed by atoms with Crippen molar-refractivity contribution < 1.29 is 56.2 Å². The number of alkyl halides is 2. The fourth-order valence-electron chi connectivity index (χ4n) is 8.13. The fraction of sp³-hybridized carbons (Fsp3) is 0.286. The first kappa shape index (κ1) is 51.3. The molecule has 69 heavy (non-hydrogen) atoms. The van der Waals surface area contributed by atoms with E-state index in [1.165, 1.54) is 32.8 Å². The molecule has 0 spiro atoms. The molecule has 0 unspecified atom stereocenters. The third-order valence-electron chi connectivity index (χ3n) is 11.5. The monoisotopic (exact) mass is 992 g/mol. The van der Waals surface area contributed by atoms with Crippen LogP contribution in [0, 0.1) is 23.3 Å². The molecule has 1 N–H and O–H groups in total. The molecule has 20 heteroatoms. The number of hydrogen-bond donors (Lipinski definition) is 1. The molecule has 0 saturated carbocycles. The van der Waals surface area contributed by atoms with Gasteiger partial charge in [-0.25, -0.2) is 17.6 Å². The second-order valence-electron chi connectivity index (χ2n) is 15.8. The van der Waals surface area contributed by atoms with Gasteiger partial charge in [-0.3, -0.25) is 33.6 Å². The number of ketones is 2. The first-order valence-corrected chi connectivity index (χ1v) is 22.8. The standard InChI is InChI=1S/C24H21F2N3O5.C24H23F2N3O3.CH2Cl2/c25-16-12-18(26)21-17(14-29(19(21)13-16)7-6-20(30)31)22(32)24(34)28-10-8-27(9-11-28)23(33)15-4-2-1-3-5-15;1-2-8-29-15-18(21-19(26)13-17(25)14-20(21)29)22(30)24(32)28-11-9-27(10-12-28)23(31)16-6-4-3-5-7-16;2-1-3/h1-5,12-14H,6-11H2,(H,30,31);3-7,13-15H,2,8-12H2,1H3;1H2. The summed E-state index contributed by atoms with van der Waals surface area (Å²) in [6.45, 7) is 3.94. The number of rotatable bonds is 11. The Kier molecular flexibility index (Phi) is 17.3. The predicted molar refractivity (Wildman–Crippen MR) is 249 cm³/mol. The van der Waals surface area contributed by atoms with Gasteiger partial charge in [-0.1, -0.05) is 43.3 Å². The largest absolute Gasteiger partial charge is 0.481 e. The van der Waals surface area contributed by atoms with E-state index in [9.17, 15) is 51.1 Å². The minimum atomic E-state index is -1.12. The molecule has 2 saturated heterocycles. The number of Topliss-reactive ketones (excluding diaryl/α,β-unsaturated/α-hetero) is 2. The molecule has 0 aliphatic carbocycles. The van der Waals surface area contributed by atoms with E-state index in [4.69, 9.17) is 28.3 Å². The molecule has 6 aromatic rings. The summed E-state index contributed by atoms with van der Waals surface area (Å²) in [6.07, 6.45) is 2.97. The molecule has 2 fully saturated rings. The number of aryl methyl sites for hydroxylation is 2. The van der Waals surface area contributed by atoms with Crippen molar-refractivity contribution in [1.29, 1.82) is 0 Å². The number of carbonyl (C=O) groups excluding carboxylic acids is 6. The Morgan fingerprint density at radius 2 is 0.884 bits per heavy atom. The molecule has 4 amide bonds. The topological polar surface area (TPSA) is 163 Å². The van der Waals surface area contributed by atoms with Crippen molar-refractivity contribution >= 4 is 86.2 Å². The molecule has 8 rings (SSSR count). The number of carboxylic acid groups (broad SMARTS) is 1. The van der Waals surface area contributed by atoms with Crippen LogP contribution in [0.5, 0.6) is 0 Å². The highest BCUT2D eigenvalue weighted by molar-refractivity contribution is 6.45. The molecule has 2 aliphatic rings. The van der Waals surface area contributed by atoms with Gasteiger partial charge in [0.25, 0.3) is 35.2 Å². The number of halogens is 6. The summed E-state index contributed by atoms with van der Waals surface area (Å²) >= 11 is 9.53. The van der Waals surface area contributed by atoms with E-state index in [0.29, 0.717) is 49.3 Å². The second-order valence-corrected chi connectivity index (χ2v) is 16.6. The van der Waals surface area contributed by atoms with Gasteiger partial charge in [0.05, 0.1) is 33.9 Å². The van der Waals surface area contributed by atoms with E-state index in [1.54, 1.807) is 69.0 Å². The maximum absolute atomic E-state index is 14.6. The Morgan fingerprint density at radius 3 is 1.23 bits per heavy atom. The minimum Gasteiger partial charge on any atom is -0.481 e. The minimum absolute atomic E-state index is 0.00632. The number of benzene rings is 4. The van der Waals surface area contributed by atoms with Gasteiger partial charge >= 0.3 is 5.97 Å². The van der Waals surface area contributed by atoms with E-state index in [1.807, 2.05) is 13.0 Å². The molecule has 14 nitrogen and oxygen atoms in total. The molecule has 2 aromatic heterocycles. The van der Waals surface area contributed by atoms with Crippen molar-refractivity contribution in [3.05, 3.63) is 143 Å². The maximum atomic E-state index is 14.6. The predicted octanol–water partition coefficient (Wildman–Crippen LogP) is 7.48. The average molecular weight is 994 g/mol. The van der Waals surface area contributed by atoms with Crippen LogP contribution in [-0.4, -0.2) is 133 Å². The average Bonchev–Trinajstić information content (AvgIpc) is 3.91. The molecule has 0 radical (unpaired) electrons. The summed E-state index contributed by atoms with van der Waals surface area (Å²) < 4.78 is 59.6. The van der Waals surface area contributed by atoms with Crippen molar-refractivity contribution in [2.45, 2.75) is 32.9 Å². The molecule has 4 heterocycles. The van der Waals surface area contributed by atoms with Gasteiger partial charge in [0, 0.05) is 112 Å². The number of aromatic nitrogens is 2. The Labute approximate surface area is 403 Å². The number of amides is 4. The van der Waals surface area contributed by atoms with Gasteiger partial charge in [-0.2, -0.15) is 0 Å². The van der Waals surface area contributed by atoms with Gasteiger partial charge < -0.3 is 33.8 Å². The summed E-state index contributed by atoms with van der Waals surface area (Å²) in [5.41, 5.74) is 1.00. The quantitative estimate of drug-likeness (QED) is 0.0605. The number of aliphatic carboxylic acids is 1. The van der Waals surface area contributed by atoms with Crippen molar-refractivity contribution in [1.82, 2.24) is 28.7 Å². The van der Waals surface area contributed by atoms with Crippen LogP contribution in [0.2, 0.25) is 0 Å². The number of carbonyl (C=O) groups is 7. The summed E-state index contributed by atoms with van der Waals surface area (Å²) in [7, 11) is 0. The first-order chi connectivity index (χ1) is 33.1. The SMILES string of the molecule is CCCn1cc(C(=O)C(=O)N2CCN(C(=O)c3ccccc3)CC2)c2c(F)cc(F)cc21.ClCCl.O=C(O)CCn1cc(C(=O)C(=O)N2CCN(C(=O)c3ccccc3)CC2)c2c(F)cc(F)cc21. The highest BCUT2D eigenvalue weighted by Gasteiger charge is 2.33. The number of carboxylic acids is 1. The zero-order valence-corrected chi connectivity index (χ0v) is 38.7. The summed E-state index contributed by atoms with van der Waals surface area (Å²) in [6, 6.07) is 21.0. The lowest BCUT2D eigenvalue weighted by Crippen LogP contribution is -2.52. The summed E-state index contributed by atoms with van der Waals surface area (Å²) in [5.74, 6) is -8.37. The Hall–Kier alpha value is -7.05. The van der Waals surface area contributed by atoms with E-state index in [2.05, 4.69) is 0 Å². The highest BCUT2D eigenvalue weighted by atomic mass is 35.5. The Morgan fingerprint density at radius 1 is 0.536 bits per heavy atom. The number of fused-ring (bicyclic) bond motifs is 2. The van der Waals surface area contributed by atoms with Gasteiger partial charge in [-0.05, 0) is 42.8 Å². The molecular weight excluding hydrogens is 947 g/mol. The van der Waals surface area contributed by atoms with Crippen molar-refractivity contribution in [3.63, 3.8) is 0 Å². The van der Waals surface area contributed by atoms with Crippen LogP contribution in [0.3, 0.4) is 0 Å². The van der Waals surface area contributed by atoms with Gasteiger partial charge in [0.1, 0.15) is 23.3 Å². The lowest BCUT2D eigenvalue weighted by molar-refractivity contribution is -0.137. The number of piperazine rings is 2. The van der Waals surface area contributed by atoms with Crippen molar-refractivity contribution in [2.24, 2.45) is 0 Å². The maximum Gasteiger partial charge on any atom is 0.305 e. The smallest absolute Gasteiger partial charge is 0.305 e. The zero-order valence-electron chi connectivity index (χ0n) is 37.2. The summed E-state index contributed by atoms with van der Waals surface area (Å²) in [4.78, 5) is 93.9. The molecule has 4 aromatic carbocycles. The van der Waals surface area contributed by atoms with Crippen LogP contribution in [0.4, 0.5) is 17.6 Å². The lowest BCUT2D eigenvalue weighted by atomic mass is 10.1. The van der Waals surface area contributed by atoms with E-state index < -0.39 is 52.6 Å². The van der Waals surface area contributed by atoms with Crippen LogP contribution in [0.1, 0.15) is 61.2 Å². The van der Waals surface area contributed by atoms with E-state index in [-0.39, 0.29) is 102 Å². The van der Waals surface area contributed by atoms with Crippen molar-refractivity contribution in [2.75, 3.05) is 57.7 Å². The fourth-order valence-corrected chi connectivity index (χ4v) is 8.13. The molecule has 0 atom stereocenters. The van der Waals surface area contributed by atoms with Gasteiger partial charge in [0.15, 0.2) is 0 Å². The number of hydrogen-bond acceptors (Lipinski definition) is 7. The number of nitrogens with zero attached hydrogens (tertiary/aromatic N) is 6. The second kappa shape index (κ2) is 23.3. The normalized spacial score (nSPS) is 13.6. The van der Waals surface area contributed by atoms with Crippen LogP contribution >= 0.6 is 23.2 Å². The van der Waals surface area contributed by atoms with Crippen LogP contribution in [0.25, 0.3) is 21.8 Å². The molecular formula is C49H46Cl2F4N6O8. The zero-order chi connectivity index (χ0) is 49.9. The molecule has 362 valence electrons. The van der Waals surface area contributed by atoms with E-state index >= 15 is 0 Å². The van der Waals surface area contributed by atoms with Gasteiger partial charge in [0.2, 0.25) is 0 Å². The summed E-state index contributed by atoms with van der Waals surface area (Å²) in [5, 5.41) is 8.86. The van der Waals surface area contributed by atoms with Crippen molar-refractivity contribution in [3.8, 4) is 0 Å². The van der Waals surface area contributed by atoms with Crippen LogP contribution < -0.4 is 0 Å². The third kappa shape index (κ3) is 12.0. The molecule has 0 bridgehead atoms. The Balaban J connectivity index is 0.000000215. The lowest BCUT2D eigenvalue weighted by Gasteiger charge is -2.34. The van der Waals surface area contributed by atoms with Crippen LogP contribution in [-0.2, 0) is 27.5 Å². The molecule has 2 aliphatic heterocycles. The first-order valence-electron chi connectivity index (χ1n) is 21.7. The Bertz CT molecular complexity index is 2880. The third-order valence-corrected chi connectivity index (χ3v) is 11.5. The highest BCUT2D eigenvalue weighted by Crippen LogP contribution is 2.29. The van der Waals surface area contributed by atoms with E-state index in [0.717, 1.165) is 6.07 Å². The van der Waals surface area contributed by atoms with Crippen LogP contribution in [0.15, 0.2) is 97.3 Å².